The lowest BCUT2D eigenvalue weighted by Crippen LogP contribution is -2.81. The predicted octanol–water partition coefficient (Wildman–Crippen LogP) is 1.62. The Balaban J connectivity index is 1.91. The van der Waals surface area contributed by atoms with Crippen LogP contribution in [0.2, 0.25) is 0 Å². The number of esters is 5. The van der Waals surface area contributed by atoms with Gasteiger partial charge in [-0.15, -0.1) is 0 Å². The number of hydrogen-bond donors (Lipinski definition) is 2. The standard InChI is InChI=1S/C35H42O14/c1-17-24(40)14-26(46-18(2)36)34(16-44-31(42)22-11-9-8-10-12-22)27(17)28(47-19(3)37)23-13-25(41)33(7)35(43,32(23,6)15-45-33)30(49-21(5)39)29(34)48-20(4)38/h8-12,23-24,26-30,40,43H,1,13-16H2,2-7H3/t23-,24-,26+,27?,28-,29-,30+,32-,33-,34+,35+/m0/s1. The lowest BCUT2D eigenvalue weighted by Gasteiger charge is -2.65. The van der Waals surface area contributed by atoms with E-state index in [-0.39, 0.29) is 30.6 Å². The van der Waals surface area contributed by atoms with Crippen molar-refractivity contribution in [2.75, 3.05) is 13.2 Å². The van der Waals surface area contributed by atoms with Crippen LogP contribution in [-0.4, -0.2) is 101 Å². The van der Waals surface area contributed by atoms with Crippen molar-refractivity contribution in [3.8, 4) is 0 Å². The van der Waals surface area contributed by atoms with Crippen LogP contribution in [0.15, 0.2) is 42.5 Å². The Morgan fingerprint density at radius 2 is 1.47 bits per heavy atom. The van der Waals surface area contributed by atoms with Gasteiger partial charge >= 0.3 is 29.8 Å². The Labute approximate surface area is 283 Å². The highest BCUT2D eigenvalue weighted by Crippen LogP contribution is 2.67. The van der Waals surface area contributed by atoms with E-state index in [0.29, 0.717) is 0 Å². The Kier molecular flexibility index (Phi) is 9.32. The number of carbonyl (C=O) groups is 6. The van der Waals surface area contributed by atoms with Gasteiger partial charge in [-0.2, -0.15) is 0 Å². The molecule has 2 N–H and O–H groups in total. The molecule has 1 aromatic rings. The molecular weight excluding hydrogens is 644 g/mol. The van der Waals surface area contributed by atoms with Gasteiger partial charge in [-0.1, -0.05) is 31.7 Å². The quantitative estimate of drug-likeness (QED) is 0.238. The summed E-state index contributed by atoms with van der Waals surface area (Å²) in [7, 11) is 0. The van der Waals surface area contributed by atoms with Gasteiger partial charge in [0, 0.05) is 57.8 Å². The lowest BCUT2D eigenvalue weighted by molar-refractivity contribution is -0.302. The fourth-order valence-electron chi connectivity index (χ4n) is 8.86. The summed E-state index contributed by atoms with van der Waals surface area (Å²) in [5.74, 6) is -7.53. The molecule has 0 aromatic heterocycles. The number of benzene rings is 1. The summed E-state index contributed by atoms with van der Waals surface area (Å²) >= 11 is 0. The first-order valence-electron chi connectivity index (χ1n) is 16.0. The number of rotatable bonds is 7. The van der Waals surface area contributed by atoms with Gasteiger partial charge in [-0.3, -0.25) is 24.0 Å². The van der Waals surface area contributed by atoms with E-state index in [2.05, 4.69) is 6.58 Å². The molecule has 1 aromatic carbocycles. The van der Waals surface area contributed by atoms with Crippen LogP contribution in [0.5, 0.6) is 0 Å². The first kappa shape index (κ1) is 36.1. The van der Waals surface area contributed by atoms with Crippen molar-refractivity contribution in [2.45, 2.75) is 96.1 Å². The second-order valence-electron chi connectivity index (χ2n) is 13.8. The smallest absolute Gasteiger partial charge is 0.338 e. The maximum Gasteiger partial charge on any atom is 0.338 e. The highest BCUT2D eigenvalue weighted by Gasteiger charge is 2.83. The zero-order valence-corrected chi connectivity index (χ0v) is 28.3. The van der Waals surface area contributed by atoms with E-state index in [0.717, 1.165) is 27.7 Å². The Bertz CT molecular complexity index is 1570. The molecule has 49 heavy (non-hydrogen) atoms. The van der Waals surface area contributed by atoms with Gasteiger partial charge in [0.2, 0.25) is 0 Å². The Morgan fingerprint density at radius 1 is 0.898 bits per heavy atom. The van der Waals surface area contributed by atoms with Gasteiger partial charge in [0.25, 0.3) is 0 Å². The summed E-state index contributed by atoms with van der Waals surface area (Å²) in [4.78, 5) is 79.4. The molecule has 1 saturated heterocycles. The molecule has 4 fully saturated rings. The van der Waals surface area contributed by atoms with Crippen LogP contribution in [0.4, 0.5) is 0 Å². The first-order valence-corrected chi connectivity index (χ1v) is 16.0. The third-order valence-corrected chi connectivity index (χ3v) is 11.1. The molecule has 0 spiro atoms. The van der Waals surface area contributed by atoms with E-state index in [1.165, 1.54) is 19.1 Å². The van der Waals surface area contributed by atoms with Crippen molar-refractivity contribution in [3.63, 3.8) is 0 Å². The van der Waals surface area contributed by atoms with E-state index in [1.807, 2.05) is 0 Å². The van der Waals surface area contributed by atoms with E-state index in [4.69, 9.17) is 28.4 Å². The van der Waals surface area contributed by atoms with Crippen LogP contribution >= 0.6 is 0 Å². The summed E-state index contributed by atoms with van der Waals surface area (Å²) in [5, 5.41) is 24.6. The molecule has 0 amide bonds. The van der Waals surface area contributed by atoms with Gasteiger partial charge in [-0.05, 0) is 24.6 Å². The van der Waals surface area contributed by atoms with Crippen molar-refractivity contribution in [1.29, 1.82) is 0 Å². The highest BCUT2D eigenvalue weighted by atomic mass is 16.6. The fraction of sp³-hybridized carbons (Fsp3) is 0.600. The number of carbonyl (C=O) groups excluding carboxylic acids is 6. The molecule has 1 aliphatic heterocycles. The maximum absolute atomic E-state index is 14.1. The minimum absolute atomic E-state index is 0.0119. The predicted molar refractivity (Wildman–Crippen MR) is 165 cm³/mol. The number of ketones is 1. The summed E-state index contributed by atoms with van der Waals surface area (Å²) in [6, 6.07) is 7.88. The number of Topliss-reactive ketones (excluding diaryl/α,β-unsaturated/α-hetero) is 1. The van der Waals surface area contributed by atoms with Crippen LogP contribution in [0.1, 0.15) is 64.7 Å². The van der Waals surface area contributed by atoms with Crippen LogP contribution in [-0.2, 0) is 52.4 Å². The van der Waals surface area contributed by atoms with Gasteiger partial charge in [-0.25, -0.2) is 4.79 Å². The number of hydrogen-bond acceptors (Lipinski definition) is 14. The Hall–Kier alpha value is -4.14. The Morgan fingerprint density at radius 3 is 2.04 bits per heavy atom. The first-order chi connectivity index (χ1) is 22.8. The van der Waals surface area contributed by atoms with Crippen LogP contribution in [0.25, 0.3) is 0 Å². The highest BCUT2D eigenvalue weighted by molar-refractivity contribution is 5.91. The molecule has 5 rings (SSSR count). The third-order valence-electron chi connectivity index (χ3n) is 11.1. The van der Waals surface area contributed by atoms with Gasteiger partial charge in [0.1, 0.15) is 24.4 Å². The summed E-state index contributed by atoms with van der Waals surface area (Å²) in [6.07, 6.45) is -8.88. The number of ether oxygens (including phenoxy) is 6. The molecule has 0 radical (unpaired) electrons. The molecule has 14 heteroatoms. The van der Waals surface area contributed by atoms with Gasteiger partial charge < -0.3 is 38.6 Å². The van der Waals surface area contributed by atoms with Crippen LogP contribution in [0, 0.1) is 22.7 Å². The largest absolute Gasteiger partial charge is 0.462 e. The van der Waals surface area contributed by atoms with E-state index < -0.39 is 107 Å². The fourth-order valence-corrected chi connectivity index (χ4v) is 8.86. The maximum atomic E-state index is 14.1. The molecule has 4 aliphatic rings. The topological polar surface area (TPSA) is 198 Å². The second-order valence-corrected chi connectivity index (χ2v) is 13.8. The van der Waals surface area contributed by atoms with Crippen molar-refractivity contribution in [3.05, 3.63) is 48.0 Å². The van der Waals surface area contributed by atoms with Gasteiger partial charge in [0.05, 0.1) is 23.7 Å². The average Bonchev–Trinajstić information content (AvgIpc) is 3.16. The summed E-state index contributed by atoms with van der Waals surface area (Å²) in [6.45, 7) is 10.4. The lowest BCUT2D eigenvalue weighted by atomic mass is 9.43. The molecule has 1 heterocycles. The number of aliphatic hydroxyl groups excluding tert-OH is 1. The van der Waals surface area contributed by atoms with Crippen molar-refractivity contribution >= 4 is 35.6 Å². The SMILES string of the molecule is C=C1C2[C@@H](OC(C)=O)[C@@H]3CC(=O)[C@]4(C)OC[C@]3(C)[C@]4(O)[C@H](OC(C)=O)[C@H](OC(C)=O)[C@]2(COC(=O)c2ccccc2)[C@H](OC(C)=O)C[C@@H]1O. The van der Waals surface area contributed by atoms with Crippen LogP contribution in [0.3, 0.4) is 0 Å². The molecule has 3 aliphatic carbocycles. The molecule has 1 unspecified atom stereocenters. The number of fused-ring (bicyclic) bond motifs is 1. The average molecular weight is 687 g/mol. The monoisotopic (exact) mass is 686 g/mol. The zero-order valence-electron chi connectivity index (χ0n) is 28.3. The molecule has 266 valence electrons. The van der Waals surface area contributed by atoms with E-state index >= 15 is 0 Å². The van der Waals surface area contributed by atoms with Crippen LogP contribution < -0.4 is 0 Å². The summed E-state index contributed by atoms with van der Waals surface area (Å²) < 4.78 is 35.8. The molecule has 14 nitrogen and oxygen atoms in total. The van der Waals surface area contributed by atoms with E-state index in [1.54, 1.807) is 25.1 Å². The zero-order chi connectivity index (χ0) is 36.3. The molecular formula is C35H42O14. The number of aliphatic hydroxyl groups is 2. The van der Waals surface area contributed by atoms with Crippen molar-refractivity contribution in [1.82, 2.24) is 0 Å². The molecule has 11 atom stereocenters. The normalized spacial score (nSPS) is 39.4. The molecule has 4 bridgehead atoms. The summed E-state index contributed by atoms with van der Waals surface area (Å²) in [5.41, 5.74) is -8.00. The second kappa shape index (κ2) is 12.6. The van der Waals surface area contributed by atoms with Crippen molar-refractivity contribution in [2.24, 2.45) is 22.7 Å². The third kappa shape index (κ3) is 5.44. The van der Waals surface area contributed by atoms with Gasteiger partial charge in [0.15, 0.2) is 23.6 Å². The molecule has 3 saturated carbocycles. The van der Waals surface area contributed by atoms with Crippen molar-refractivity contribution < 1.29 is 67.4 Å². The van der Waals surface area contributed by atoms with E-state index in [9.17, 15) is 39.0 Å². The minimum atomic E-state index is -2.48. The minimum Gasteiger partial charge on any atom is -0.462 e.